The van der Waals surface area contributed by atoms with E-state index in [2.05, 4.69) is 11.9 Å². The van der Waals surface area contributed by atoms with Crippen molar-refractivity contribution >= 4 is 10.9 Å². The molecule has 0 spiro atoms. The second kappa shape index (κ2) is 6.55. The van der Waals surface area contributed by atoms with Gasteiger partial charge < -0.3 is 9.15 Å². The molecule has 2 rings (SSSR count). The van der Waals surface area contributed by atoms with Gasteiger partial charge in [0.1, 0.15) is 0 Å². The molecule has 0 unspecified atom stereocenters. The second-order valence-electron chi connectivity index (χ2n) is 5.22. The van der Waals surface area contributed by atoms with Crippen LogP contribution < -0.4 is 10.4 Å². The Labute approximate surface area is 118 Å². The smallest absolute Gasteiger partial charge is 0.397 e. The molecule has 0 amide bonds. The molecule has 0 fully saturated rings. The van der Waals surface area contributed by atoms with Crippen LogP contribution in [0, 0.1) is 0 Å². The van der Waals surface area contributed by atoms with Crippen molar-refractivity contribution in [1.82, 2.24) is 4.98 Å². The van der Waals surface area contributed by atoms with Gasteiger partial charge in [-0.2, -0.15) is 4.98 Å². The fraction of sp³-hybridized carbons (Fsp3) is 0.500. The number of aromatic nitrogens is 1. The highest BCUT2D eigenvalue weighted by atomic mass is 16.6. The number of unbranched alkanes of at least 4 members (excludes halogenated alkanes) is 2. The average Bonchev–Trinajstić information content (AvgIpc) is 2.43. The van der Waals surface area contributed by atoms with Crippen LogP contribution in [-0.4, -0.2) is 11.6 Å². The van der Waals surface area contributed by atoms with Gasteiger partial charge in [0.2, 0.25) is 0 Å². The number of fused-ring (bicyclic) bond motifs is 1. The molecule has 108 valence electrons. The summed E-state index contributed by atoms with van der Waals surface area (Å²) in [5.74, 6) is 0.250. The fourth-order valence-corrected chi connectivity index (χ4v) is 2.18. The summed E-state index contributed by atoms with van der Waals surface area (Å²) in [6.07, 6.45) is 3.22. The van der Waals surface area contributed by atoms with Crippen LogP contribution >= 0.6 is 0 Å². The number of hydrogen-bond acceptors (Lipinski definition) is 4. The van der Waals surface area contributed by atoms with E-state index in [1.165, 1.54) is 0 Å². The Morgan fingerprint density at radius 3 is 2.80 bits per heavy atom. The van der Waals surface area contributed by atoms with Crippen LogP contribution in [0.3, 0.4) is 0 Å². The third-order valence-electron chi connectivity index (χ3n) is 3.27. The van der Waals surface area contributed by atoms with E-state index in [-0.39, 0.29) is 17.6 Å². The molecular weight excluding hydrogens is 254 g/mol. The molecule has 0 aliphatic heterocycles. The third-order valence-corrected chi connectivity index (χ3v) is 3.27. The molecule has 0 aliphatic carbocycles. The molecule has 0 atom stereocenters. The van der Waals surface area contributed by atoms with Crippen LogP contribution in [0.4, 0.5) is 0 Å². The van der Waals surface area contributed by atoms with Crippen LogP contribution in [-0.2, 0) is 0 Å². The zero-order valence-electron chi connectivity index (χ0n) is 12.3. The molecule has 1 heterocycles. The highest BCUT2D eigenvalue weighted by Crippen LogP contribution is 2.23. The van der Waals surface area contributed by atoms with Crippen LogP contribution in [0.1, 0.15) is 51.5 Å². The number of rotatable bonds is 6. The lowest BCUT2D eigenvalue weighted by Crippen LogP contribution is -2.08. The molecule has 0 N–H and O–H groups in total. The molecular formula is C16H21NO3. The van der Waals surface area contributed by atoms with Crippen molar-refractivity contribution in [2.45, 2.75) is 46.0 Å². The van der Waals surface area contributed by atoms with E-state index in [4.69, 9.17) is 9.15 Å². The van der Waals surface area contributed by atoms with Gasteiger partial charge >= 0.3 is 11.7 Å². The van der Waals surface area contributed by atoms with Gasteiger partial charge in [0.25, 0.3) is 0 Å². The molecule has 4 heteroatoms. The first-order valence-electron chi connectivity index (χ1n) is 7.20. The summed E-state index contributed by atoms with van der Waals surface area (Å²) in [6, 6.07) is 5.66. The van der Waals surface area contributed by atoms with Crippen LogP contribution in [0.25, 0.3) is 10.9 Å². The lowest BCUT2D eigenvalue weighted by atomic mass is 9.99. The van der Waals surface area contributed by atoms with Crippen LogP contribution in [0.2, 0.25) is 0 Å². The van der Waals surface area contributed by atoms with Gasteiger partial charge in [-0.3, -0.25) is 0 Å². The highest BCUT2D eigenvalue weighted by molar-refractivity contribution is 5.81. The SMILES string of the molecule is CCCCCOc1nc2cccc(C(C)C)c2c(=O)o1. The van der Waals surface area contributed by atoms with Gasteiger partial charge in [-0.1, -0.05) is 45.7 Å². The maximum Gasteiger partial charge on any atom is 0.397 e. The molecule has 0 saturated heterocycles. The number of hydrogen-bond donors (Lipinski definition) is 0. The Morgan fingerprint density at radius 2 is 2.10 bits per heavy atom. The summed E-state index contributed by atoms with van der Waals surface area (Å²) in [5, 5.41) is 0.559. The molecule has 0 aliphatic rings. The van der Waals surface area contributed by atoms with Gasteiger partial charge in [0.15, 0.2) is 0 Å². The Morgan fingerprint density at radius 1 is 1.30 bits per heavy atom. The van der Waals surface area contributed by atoms with Crippen molar-refractivity contribution in [1.29, 1.82) is 0 Å². The van der Waals surface area contributed by atoms with Crippen molar-refractivity contribution in [3.05, 3.63) is 34.2 Å². The average molecular weight is 275 g/mol. The first-order chi connectivity index (χ1) is 9.63. The van der Waals surface area contributed by atoms with Gasteiger partial charge in [-0.05, 0) is 24.0 Å². The van der Waals surface area contributed by atoms with Crippen molar-refractivity contribution in [2.75, 3.05) is 6.61 Å². The van der Waals surface area contributed by atoms with E-state index < -0.39 is 0 Å². The summed E-state index contributed by atoms with van der Waals surface area (Å²) in [6.45, 7) is 6.74. The zero-order valence-corrected chi connectivity index (χ0v) is 12.3. The monoisotopic (exact) mass is 275 g/mol. The first kappa shape index (κ1) is 14.6. The van der Waals surface area contributed by atoms with Crippen LogP contribution in [0.15, 0.2) is 27.4 Å². The molecule has 0 saturated carbocycles. The molecule has 0 bridgehead atoms. The minimum absolute atomic E-state index is 0.0690. The van der Waals surface area contributed by atoms with E-state index in [1.54, 1.807) is 0 Å². The molecule has 1 aromatic carbocycles. The van der Waals surface area contributed by atoms with E-state index in [0.29, 0.717) is 17.5 Å². The van der Waals surface area contributed by atoms with Crippen molar-refractivity contribution in [3.8, 4) is 6.08 Å². The molecule has 4 nitrogen and oxygen atoms in total. The first-order valence-corrected chi connectivity index (χ1v) is 7.20. The minimum Gasteiger partial charge on any atom is -0.450 e. The zero-order chi connectivity index (χ0) is 14.5. The Bertz CT molecular complexity index is 631. The molecule has 0 radical (unpaired) electrons. The minimum atomic E-state index is -0.371. The largest absolute Gasteiger partial charge is 0.450 e. The summed E-state index contributed by atoms with van der Waals surface area (Å²) < 4.78 is 10.6. The van der Waals surface area contributed by atoms with Gasteiger partial charge in [-0.15, -0.1) is 0 Å². The van der Waals surface area contributed by atoms with Gasteiger partial charge in [-0.25, -0.2) is 4.79 Å². The van der Waals surface area contributed by atoms with Crippen molar-refractivity contribution < 1.29 is 9.15 Å². The third kappa shape index (κ3) is 3.18. The summed E-state index contributed by atoms with van der Waals surface area (Å²) in [4.78, 5) is 16.4. The van der Waals surface area contributed by atoms with Crippen molar-refractivity contribution in [2.24, 2.45) is 0 Å². The van der Waals surface area contributed by atoms with E-state index in [1.807, 2.05) is 32.0 Å². The Balaban J connectivity index is 2.31. The number of benzene rings is 1. The van der Waals surface area contributed by atoms with Crippen LogP contribution in [0.5, 0.6) is 6.08 Å². The second-order valence-corrected chi connectivity index (χ2v) is 5.22. The van der Waals surface area contributed by atoms with E-state index >= 15 is 0 Å². The van der Waals surface area contributed by atoms with Gasteiger partial charge in [0.05, 0.1) is 17.5 Å². The quantitative estimate of drug-likeness (QED) is 0.751. The molecule has 2 aromatic rings. The predicted molar refractivity (Wildman–Crippen MR) is 79.4 cm³/mol. The topological polar surface area (TPSA) is 52.3 Å². The molecule has 1 aromatic heterocycles. The summed E-state index contributed by atoms with van der Waals surface area (Å²) in [5.41, 5.74) is 1.23. The fourth-order valence-electron chi connectivity index (χ4n) is 2.18. The standard InChI is InChI=1S/C16H21NO3/c1-4-5-6-10-19-16-17-13-9-7-8-12(11(2)3)14(13)15(18)20-16/h7-9,11H,4-6,10H2,1-3H3. The Hall–Kier alpha value is -1.84. The maximum absolute atomic E-state index is 12.1. The van der Waals surface area contributed by atoms with E-state index in [0.717, 1.165) is 24.8 Å². The van der Waals surface area contributed by atoms with Gasteiger partial charge in [0, 0.05) is 0 Å². The lowest BCUT2D eigenvalue weighted by molar-refractivity contribution is 0.212. The summed E-state index contributed by atoms with van der Waals surface area (Å²) >= 11 is 0. The predicted octanol–water partition coefficient (Wildman–Crippen LogP) is 3.88. The highest BCUT2D eigenvalue weighted by Gasteiger charge is 2.13. The van der Waals surface area contributed by atoms with E-state index in [9.17, 15) is 4.79 Å². The maximum atomic E-state index is 12.1. The Kier molecular flexibility index (Phi) is 4.77. The van der Waals surface area contributed by atoms with Crippen molar-refractivity contribution in [3.63, 3.8) is 0 Å². The lowest BCUT2D eigenvalue weighted by Gasteiger charge is -2.09. The number of ether oxygens (including phenoxy) is 1. The normalized spacial score (nSPS) is 11.2. The number of nitrogens with zero attached hydrogens (tertiary/aromatic N) is 1. The summed E-state index contributed by atoms with van der Waals surface area (Å²) in [7, 11) is 0. The molecule has 20 heavy (non-hydrogen) atoms.